The molecule has 0 amide bonds. The molecule has 1 aliphatic heterocycles. The zero-order valence-corrected chi connectivity index (χ0v) is 15.2. The molecule has 3 rings (SSSR count). The van der Waals surface area contributed by atoms with Crippen molar-refractivity contribution in [3.8, 4) is 11.3 Å². The van der Waals surface area contributed by atoms with Gasteiger partial charge in [0.05, 0.1) is 5.56 Å². The summed E-state index contributed by atoms with van der Waals surface area (Å²) in [5.41, 5.74) is 7.19. The van der Waals surface area contributed by atoms with Gasteiger partial charge in [0.15, 0.2) is 0 Å². The van der Waals surface area contributed by atoms with E-state index in [1.54, 1.807) is 12.1 Å². The maximum absolute atomic E-state index is 12.6. The minimum Gasteiger partial charge on any atom is -0.478 e. The van der Waals surface area contributed by atoms with E-state index in [-0.39, 0.29) is 11.5 Å². The van der Waals surface area contributed by atoms with E-state index in [4.69, 9.17) is 15.6 Å². The number of carboxylic acid groups (broad SMARTS) is 1. The standard InChI is InChI=1S/C19H23N3O4/c1-19(2,3)26-18(25)13-5-4-10-22-15(20)14(21-16(13)22)11-6-8-12(9-7-11)17(23)24/h6-9,13H,4-5,10,20H2,1-3H3,(H,23,24). The number of aromatic nitrogens is 2. The number of aromatic carboxylic acids is 1. The fraction of sp³-hybridized carbons (Fsp3) is 0.421. The highest BCUT2D eigenvalue weighted by atomic mass is 16.6. The van der Waals surface area contributed by atoms with Crippen LogP contribution in [-0.2, 0) is 16.1 Å². The fourth-order valence-corrected chi connectivity index (χ4v) is 3.15. The maximum atomic E-state index is 12.6. The summed E-state index contributed by atoms with van der Waals surface area (Å²) in [5.74, 6) is -0.635. The van der Waals surface area contributed by atoms with Crippen molar-refractivity contribution in [1.82, 2.24) is 9.55 Å². The number of benzene rings is 1. The van der Waals surface area contributed by atoms with Crippen molar-refractivity contribution < 1.29 is 19.4 Å². The number of anilines is 1. The van der Waals surface area contributed by atoms with E-state index in [0.717, 1.165) is 12.0 Å². The van der Waals surface area contributed by atoms with Gasteiger partial charge >= 0.3 is 11.9 Å². The Morgan fingerprint density at radius 3 is 2.50 bits per heavy atom. The van der Waals surface area contributed by atoms with Gasteiger partial charge in [-0.2, -0.15) is 0 Å². The smallest absolute Gasteiger partial charge is 0.335 e. The first-order chi connectivity index (χ1) is 12.2. The van der Waals surface area contributed by atoms with Gasteiger partial charge in [0.25, 0.3) is 0 Å². The molecule has 26 heavy (non-hydrogen) atoms. The Morgan fingerprint density at radius 2 is 1.92 bits per heavy atom. The van der Waals surface area contributed by atoms with Crippen LogP contribution in [0, 0.1) is 0 Å². The second-order valence-electron chi connectivity index (χ2n) is 7.47. The molecule has 7 heteroatoms. The molecule has 0 aliphatic carbocycles. The van der Waals surface area contributed by atoms with Crippen molar-refractivity contribution in [1.29, 1.82) is 0 Å². The summed E-state index contributed by atoms with van der Waals surface area (Å²) in [6.45, 7) is 6.21. The van der Waals surface area contributed by atoms with Gasteiger partial charge in [0.1, 0.15) is 28.9 Å². The number of carbonyl (C=O) groups is 2. The van der Waals surface area contributed by atoms with Crippen LogP contribution in [0.3, 0.4) is 0 Å². The highest BCUT2D eigenvalue weighted by Crippen LogP contribution is 2.36. The molecule has 0 radical (unpaired) electrons. The van der Waals surface area contributed by atoms with Crippen LogP contribution in [0.2, 0.25) is 0 Å². The van der Waals surface area contributed by atoms with E-state index >= 15 is 0 Å². The summed E-state index contributed by atoms with van der Waals surface area (Å²) in [4.78, 5) is 28.2. The number of carboxylic acids is 1. The lowest BCUT2D eigenvalue weighted by Crippen LogP contribution is -2.31. The molecule has 2 aromatic rings. The highest BCUT2D eigenvalue weighted by Gasteiger charge is 2.34. The lowest BCUT2D eigenvalue weighted by Gasteiger charge is -2.26. The Kier molecular flexibility index (Phi) is 4.48. The van der Waals surface area contributed by atoms with Crippen molar-refractivity contribution in [3.05, 3.63) is 35.7 Å². The SMILES string of the molecule is CC(C)(C)OC(=O)C1CCCn2c1nc(-c1ccc(C(=O)O)cc1)c2N. The Labute approximate surface area is 151 Å². The largest absolute Gasteiger partial charge is 0.478 e. The Hall–Kier alpha value is -2.83. The Balaban J connectivity index is 1.96. The van der Waals surface area contributed by atoms with Gasteiger partial charge in [0, 0.05) is 12.1 Å². The fourth-order valence-electron chi connectivity index (χ4n) is 3.15. The lowest BCUT2D eigenvalue weighted by molar-refractivity contribution is -0.157. The molecule has 1 aromatic carbocycles. The molecule has 0 spiro atoms. The molecule has 1 aliphatic rings. The molecule has 2 heterocycles. The van der Waals surface area contributed by atoms with Crippen LogP contribution in [0.4, 0.5) is 5.82 Å². The van der Waals surface area contributed by atoms with Crippen LogP contribution < -0.4 is 5.73 Å². The summed E-state index contributed by atoms with van der Waals surface area (Å²) in [7, 11) is 0. The molecular formula is C19H23N3O4. The lowest BCUT2D eigenvalue weighted by atomic mass is 9.98. The predicted octanol–water partition coefficient (Wildman–Crippen LogP) is 3.05. The second-order valence-corrected chi connectivity index (χ2v) is 7.47. The van der Waals surface area contributed by atoms with E-state index in [1.165, 1.54) is 12.1 Å². The van der Waals surface area contributed by atoms with Crippen LogP contribution in [0.25, 0.3) is 11.3 Å². The number of rotatable bonds is 3. The van der Waals surface area contributed by atoms with Gasteiger partial charge in [-0.1, -0.05) is 12.1 Å². The molecule has 7 nitrogen and oxygen atoms in total. The van der Waals surface area contributed by atoms with Gasteiger partial charge in [-0.3, -0.25) is 4.79 Å². The van der Waals surface area contributed by atoms with Crippen molar-refractivity contribution in [2.75, 3.05) is 5.73 Å². The van der Waals surface area contributed by atoms with Crippen LogP contribution in [0.5, 0.6) is 0 Å². The zero-order valence-electron chi connectivity index (χ0n) is 15.2. The van der Waals surface area contributed by atoms with Crippen LogP contribution in [0.15, 0.2) is 24.3 Å². The van der Waals surface area contributed by atoms with Crippen LogP contribution in [0.1, 0.15) is 55.7 Å². The number of nitrogens with two attached hydrogens (primary N) is 1. The van der Waals surface area contributed by atoms with E-state index in [2.05, 4.69) is 4.98 Å². The van der Waals surface area contributed by atoms with Gasteiger partial charge in [-0.15, -0.1) is 0 Å². The average Bonchev–Trinajstić information content (AvgIpc) is 2.90. The third-order valence-electron chi connectivity index (χ3n) is 4.32. The molecule has 0 bridgehead atoms. The van der Waals surface area contributed by atoms with Crippen molar-refractivity contribution in [2.24, 2.45) is 0 Å². The molecule has 138 valence electrons. The predicted molar refractivity (Wildman–Crippen MR) is 96.9 cm³/mol. The number of fused-ring (bicyclic) bond motifs is 1. The second kappa shape index (κ2) is 6.48. The average molecular weight is 357 g/mol. The third kappa shape index (κ3) is 3.42. The number of hydrogen-bond donors (Lipinski definition) is 2. The van der Waals surface area contributed by atoms with E-state index < -0.39 is 17.5 Å². The minimum absolute atomic E-state index is 0.197. The number of nitrogen functional groups attached to an aromatic ring is 1. The first kappa shape index (κ1) is 18.0. The number of carbonyl (C=O) groups excluding carboxylic acids is 1. The molecule has 1 unspecified atom stereocenters. The normalized spacial score (nSPS) is 16.8. The molecule has 0 fully saturated rings. The molecule has 3 N–H and O–H groups in total. The summed E-state index contributed by atoms with van der Waals surface area (Å²) in [6.07, 6.45) is 1.48. The number of imidazole rings is 1. The number of nitrogens with zero attached hydrogens (tertiary/aromatic N) is 2. The first-order valence-corrected chi connectivity index (χ1v) is 8.60. The molecule has 0 saturated heterocycles. The Morgan fingerprint density at radius 1 is 1.27 bits per heavy atom. The van der Waals surface area contributed by atoms with Gasteiger partial charge < -0.3 is 20.1 Å². The molecule has 0 saturated carbocycles. The minimum atomic E-state index is -0.987. The van der Waals surface area contributed by atoms with Crippen molar-refractivity contribution in [2.45, 2.75) is 51.7 Å². The van der Waals surface area contributed by atoms with Crippen LogP contribution in [-0.4, -0.2) is 32.2 Å². The van der Waals surface area contributed by atoms with E-state index in [0.29, 0.717) is 30.3 Å². The summed E-state index contributed by atoms with van der Waals surface area (Å²) in [5, 5.41) is 9.03. The monoisotopic (exact) mass is 357 g/mol. The van der Waals surface area contributed by atoms with Crippen molar-refractivity contribution in [3.63, 3.8) is 0 Å². The summed E-state index contributed by atoms with van der Waals surface area (Å²) in [6, 6.07) is 6.38. The van der Waals surface area contributed by atoms with Crippen molar-refractivity contribution >= 4 is 17.8 Å². The van der Waals surface area contributed by atoms with E-state index in [1.807, 2.05) is 25.3 Å². The van der Waals surface area contributed by atoms with Gasteiger partial charge in [-0.05, 0) is 45.7 Å². The first-order valence-electron chi connectivity index (χ1n) is 8.60. The number of esters is 1. The summed E-state index contributed by atoms with van der Waals surface area (Å²) < 4.78 is 7.39. The number of ether oxygens (including phenoxy) is 1. The van der Waals surface area contributed by atoms with Gasteiger partial charge in [-0.25, -0.2) is 9.78 Å². The third-order valence-corrected chi connectivity index (χ3v) is 4.32. The maximum Gasteiger partial charge on any atom is 0.335 e. The van der Waals surface area contributed by atoms with Gasteiger partial charge in [0.2, 0.25) is 0 Å². The molecule has 1 atom stereocenters. The quantitative estimate of drug-likeness (QED) is 0.818. The zero-order chi connectivity index (χ0) is 19.1. The van der Waals surface area contributed by atoms with Crippen LogP contribution >= 0.6 is 0 Å². The summed E-state index contributed by atoms with van der Waals surface area (Å²) >= 11 is 0. The van der Waals surface area contributed by atoms with E-state index in [9.17, 15) is 9.59 Å². The highest BCUT2D eigenvalue weighted by molar-refractivity contribution is 5.88. The molecular weight excluding hydrogens is 334 g/mol. The Bertz CT molecular complexity index is 847. The topological polar surface area (TPSA) is 107 Å². The molecule has 1 aromatic heterocycles. The number of hydrogen-bond acceptors (Lipinski definition) is 5.